The zero-order valence-corrected chi connectivity index (χ0v) is 16.7. The Kier molecular flexibility index (Phi) is 4.44. The highest BCUT2D eigenvalue weighted by atomic mass is 35.5. The smallest absolute Gasteiger partial charge is 0.319 e. The lowest BCUT2D eigenvalue weighted by Gasteiger charge is -2.26. The second-order valence-corrected chi connectivity index (χ2v) is 8.22. The number of rotatable bonds is 2. The van der Waals surface area contributed by atoms with E-state index in [1.165, 1.54) is 23.5 Å². The highest BCUT2D eigenvalue weighted by molar-refractivity contribution is 7.17. The van der Waals surface area contributed by atoms with Crippen LogP contribution in [0.25, 0.3) is 16.3 Å². The Balaban J connectivity index is 1.36. The number of nitrogens with zero attached hydrogens (tertiary/aromatic N) is 4. The number of nitrogens with one attached hydrogen (secondary N) is 1. The molecule has 0 radical (unpaired) electrons. The second-order valence-electron chi connectivity index (χ2n) is 6.72. The number of carbonyl (C=O) groups excluding carboxylic acids is 1. The summed E-state index contributed by atoms with van der Waals surface area (Å²) in [5, 5.41) is 8.05. The lowest BCUT2D eigenvalue weighted by atomic mass is 10.2. The Bertz CT molecular complexity index is 1220. The van der Waals surface area contributed by atoms with Gasteiger partial charge < -0.3 is 10.2 Å². The molecule has 0 bridgehead atoms. The maximum atomic E-state index is 13.1. The summed E-state index contributed by atoms with van der Waals surface area (Å²) in [6.45, 7) is 1.08. The molecule has 5 rings (SSSR count). The van der Waals surface area contributed by atoms with Gasteiger partial charge in [-0.05, 0) is 42.5 Å². The van der Waals surface area contributed by atoms with Crippen LogP contribution in [0.1, 0.15) is 10.6 Å². The van der Waals surface area contributed by atoms with E-state index in [0.717, 1.165) is 21.1 Å². The Morgan fingerprint density at radius 3 is 2.83 bits per heavy atom. The van der Waals surface area contributed by atoms with E-state index in [0.29, 0.717) is 36.0 Å². The number of amides is 2. The molecule has 0 aliphatic carbocycles. The monoisotopic (exact) mass is 427 g/mol. The Hall–Kier alpha value is -2.97. The molecule has 0 atom stereocenters. The van der Waals surface area contributed by atoms with Gasteiger partial charge >= 0.3 is 6.03 Å². The molecule has 2 aromatic carbocycles. The van der Waals surface area contributed by atoms with Crippen molar-refractivity contribution in [3.05, 3.63) is 69.9 Å². The van der Waals surface area contributed by atoms with Crippen molar-refractivity contribution in [1.29, 1.82) is 0 Å². The molecule has 3 heterocycles. The zero-order valence-electron chi connectivity index (χ0n) is 15.1. The molecule has 0 saturated heterocycles. The molecule has 0 unspecified atom stereocenters. The lowest BCUT2D eigenvalue weighted by Crippen LogP contribution is -2.38. The summed E-state index contributed by atoms with van der Waals surface area (Å²) in [6.07, 6.45) is 0.685. The number of urea groups is 1. The van der Waals surface area contributed by atoms with Crippen LogP contribution >= 0.6 is 22.9 Å². The summed E-state index contributed by atoms with van der Waals surface area (Å²) in [4.78, 5) is 20.8. The van der Waals surface area contributed by atoms with Gasteiger partial charge in [0.05, 0.1) is 12.2 Å². The molecule has 1 N–H and O–H groups in total. The summed E-state index contributed by atoms with van der Waals surface area (Å²) in [6, 6.07) is 13.1. The minimum Gasteiger partial charge on any atom is -0.319 e. The molecule has 2 amide bonds. The summed E-state index contributed by atoms with van der Waals surface area (Å²) < 4.78 is 15.0. The van der Waals surface area contributed by atoms with Crippen LogP contribution in [0.4, 0.5) is 14.9 Å². The van der Waals surface area contributed by atoms with Gasteiger partial charge in [0, 0.05) is 34.1 Å². The predicted octanol–water partition coefficient (Wildman–Crippen LogP) is 4.84. The molecule has 29 heavy (non-hydrogen) atoms. The second kappa shape index (κ2) is 7.13. The fourth-order valence-corrected chi connectivity index (χ4v) is 4.66. The topological polar surface area (TPSA) is 62.5 Å². The Morgan fingerprint density at radius 1 is 1.21 bits per heavy atom. The molecule has 2 aromatic heterocycles. The van der Waals surface area contributed by atoms with E-state index in [9.17, 15) is 9.18 Å². The number of benzene rings is 2. The van der Waals surface area contributed by atoms with Crippen molar-refractivity contribution >= 4 is 39.6 Å². The van der Waals surface area contributed by atoms with E-state index in [-0.39, 0.29) is 11.8 Å². The molecular weight excluding hydrogens is 413 g/mol. The quantitative estimate of drug-likeness (QED) is 0.498. The fourth-order valence-electron chi connectivity index (χ4n) is 3.35. The number of carbonyl (C=O) groups is 1. The van der Waals surface area contributed by atoms with Gasteiger partial charge in [-0.3, -0.25) is 0 Å². The molecule has 1 aliphatic rings. The van der Waals surface area contributed by atoms with Crippen LogP contribution in [0.3, 0.4) is 0 Å². The number of anilines is 1. The van der Waals surface area contributed by atoms with E-state index >= 15 is 0 Å². The van der Waals surface area contributed by atoms with Crippen LogP contribution in [-0.4, -0.2) is 32.1 Å². The Labute approximate surface area is 174 Å². The van der Waals surface area contributed by atoms with Gasteiger partial charge in [0.25, 0.3) is 0 Å². The third kappa shape index (κ3) is 3.45. The maximum Gasteiger partial charge on any atom is 0.322 e. The highest BCUT2D eigenvalue weighted by Crippen LogP contribution is 2.30. The van der Waals surface area contributed by atoms with E-state index in [2.05, 4.69) is 15.4 Å². The van der Waals surface area contributed by atoms with Crippen LogP contribution in [0, 0.1) is 5.82 Å². The minimum atomic E-state index is -0.289. The van der Waals surface area contributed by atoms with Crippen LogP contribution < -0.4 is 5.32 Å². The lowest BCUT2D eigenvalue weighted by molar-refractivity contribution is 0.206. The maximum absolute atomic E-state index is 13.1. The molecule has 9 heteroatoms. The van der Waals surface area contributed by atoms with Gasteiger partial charge in [-0.25, -0.2) is 13.7 Å². The van der Waals surface area contributed by atoms with Crippen molar-refractivity contribution in [2.45, 2.75) is 13.0 Å². The summed E-state index contributed by atoms with van der Waals surface area (Å²) in [5.74, 6) is 0.281. The SMILES string of the molecule is O=C(Nc1cccc(Cl)c1)N1CCc2c(sc3nc(-c4ccc(F)cc4)nn23)C1. The van der Waals surface area contributed by atoms with Crippen molar-refractivity contribution in [3.63, 3.8) is 0 Å². The van der Waals surface area contributed by atoms with Crippen molar-refractivity contribution in [2.24, 2.45) is 0 Å². The average Bonchev–Trinajstić information content (AvgIpc) is 3.26. The van der Waals surface area contributed by atoms with Gasteiger partial charge in [-0.2, -0.15) is 4.98 Å². The number of fused-ring (bicyclic) bond motifs is 3. The first-order valence-corrected chi connectivity index (χ1v) is 10.2. The van der Waals surface area contributed by atoms with Crippen LogP contribution in [0.5, 0.6) is 0 Å². The highest BCUT2D eigenvalue weighted by Gasteiger charge is 2.26. The summed E-state index contributed by atoms with van der Waals surface area (Å²) in [7, 11) is 0. The van der Waals surface area contributed by atoms with Gasteiger partial charge in [-0.15, -0.1) is 5.10 Å². The van der Waals surface area contributed by atoms with E-state index < -0.39 is 0 Å². The van der Waals surface area contributed by atoms with Crippen molar-refractivity contribution in [2.75, 3.05) is 11.9 Å². The van der Waals surface area contributed by atoms with Gasteiger partial charge in [0.2, 0.25) is 4.96 Å². The van der Waals surface area contributed by atoms with Crippen molar-refractivity contribution in [1.82, 2.24) is 19.5 Å². The summed E-state index contributed by atoms with van der Waals surface area (Å²) in [5.41, 5.74) is 2.51. The van der Waals surface area contributed by atoms with E-state index in [1.54, 1.807) is 41.3 Å². The number of thiazole rings is 1. The van der Waals surface area contributed by atoms with Crippen molar-refractivity contribution < 1.29 is 9.18 Å². The summed E-state index contributed by atoms with van der Waals surface area (Å²) >= 11 is 7.50. The first-order chi connectivity index (χ1) is 14.1. The van der Waals surface area contributed by atoms with Gasteiger partial charge in [0.1, 0.15) is 5.82 Å². The fraction of sp³-hybridized carbons (Fsp3) is 0.150. The predicted molar refractivity (Wildman–Crippen MR) is 111 cm³/mol. The van der Waals surface area contributed by atoms with Gasteiger partial charge in [-0.1, -0.05) is 29.0 Å². The van der Waals surface area contributed by atoms with Crippen LogP contribution in [0.2, 0.25) is 5.02 Å². The standard InChI is InChI=1S/C20H15ClFN5OS/c21-13-2-1-3-15(10-13)23-19(28)26-9-8-16-17(11-26)29-20-24-18(25-27(16)20)12-4-6-14(22)7-5-12/h1-7,10H,8-9,11H2,(H,23,28). The van der Waals surface area contributed by atoms with E-state index in [1.807, 2.05) is 4.52 Å². The van der Waals surface area contributed by atoms with Crippen LogP contribution in [-0.2, 0) is 13.0 Å². The zero-order chi connectivity index (χ0) is 20.0. The number of aromatic nitrogens is 3. The Morgan fingerprint density at radius 2 is 2.03 bits per heavy atom. The van der Waals surface area contributed by atoms with Crippen molar-refractivity contribution in [3.8, 4) is 11.4 Å². The minimum absolute atomic E-state index is 0.163. The molecule has 146 valence electrons. The normalized spacial score (nSPS) is 13.5. The first kappa shape index (κ1) is 18.1. The molecule has 6 nitrogen and oxygen atoms in total. The van der Waals surface area contributed by atoms with Crippen LogP contribution in [0.15, 0.2) is 48.5 Å². The third-order valence-electron chi connectivity index (χ3n) is 4.79. The number of halogens is 2. The first-order valence-electron chi connectivity index (χ1n) is 9.01. The molecule has 0 saturated carbocycles. The van der Waals surface area contributed by atoms with Gasteiger partial charge in [0.15, 0.2) is 5.82 Å². The number of hydrogen-bond acceptors (Lipinski definition) is 4. The molecule has 0 spiro atoms. The molecule has 0 fully saturated rings. The third-order valence-corrected chi connectivity index (χ3v) is 6.08. The molecule has 4 aromatic rings. The largest absolute Gasteiger partial charge is 0.322 e. The van der Waals surface area contributed by atoms with E-state index in [4.69, 9.17) is 11.6 Å². The molecule has 1 aliphatic heterocycles. The number of hydrogen-bond donors (Lipinski definition) is 1. The molecular formula is C20H15ClFN5OS. The average molecular weight is 428 g/mol.